The predicted molar refractivity (Wildman–Crippen MR) is 97.9 cm³/mol. The van der Waals surface area contributed by atoms with E-state index in [1.165, 1.54) is 0 Å². The van der Waals surface area contributed by atoms with Crippen molar-refractivity contribution < 1.29 is 14.3 Å². The van der Waals surface area contributed by atoms with Gasteiger partial charge < -0.3 is 19.7 Å². The summed E-state index contributed by atoms with van der Waals surface area (Å²) in [5, 5.41) is 3.67. The van der Waals surface area contributed by atoms with E-state index in [-0.39, 0.29) is 11.8 Å². The first-order chi connectivity index (χ1) is 12.1. The molecule has 5 heteroatoms. The van der Waals surface area contributed by atoms with Gasteiger partial charge in [-0.05, 0) is 18.4 Å². The number of amides is 1. The van der Waals surface area contributed by atoms with E-state index < -0.39 is 0 Å². The van der Waals surface area contributed by atoms with Gasteiger partial charge in [0.15, 0.2) is 11.5 Å². The van der Waals surface area contributed by atoms with Crippen LogP contribution in [0.25, 0.3) is 0 Å². The van der Waals surface area contributed by atoms with Crippen LogP contribution in [0.3, 0.4) is 0 Å². The summed E-state index contributed by atoms with van der Waals surface area (Å²) in [5.74, 6) is 2.52. The summed E-state index contributed by atoms with van der Waals surface area (Å²) < 4.78 is 11.7. The first kappa shape index (κ1) is 18.1. The van der Waals surface area contributed by atoms with E-state index in [9.17, 15) is 4.79 Å². The van der Waals surface area contributed by atoms with Crippen LogP contribution < -0.4 is 14.8 Å². The van der Waals surface area contributed by atoms with Crippen LogP contribution in [0, 0.1) is 11.8 Å². The molecule has 0 bridgehead atoms. The highest BCUT2D eigenvalue weighted by molar-refractivity contribution is 5.78. The number of nitrogens with one attached hydrogen (secondary N) is 1. The Hall–Kier alpha value is -1.75. The van der Waals surface area contributed by atoms with Gasteiger partial charge in [-0.3, -0.25) is 4.79 Å². The molecule has 0 unspecified atom stereocenters. The van der Waals surface area contributed by atoms with Gasteiger partial charge in [-0.1, -0.05) is 32.9 Å². The minimum absolute atomic E-state index is 0.0774. The summed E-state index contributed by atoms with van der Waals surface area (Å²) >= 11 is 0. The summed E-state index contributed by atoms with van der Waals surface area (Å²) in [6.07, 6.45) is 1.91. The molecule has 2 heterocycles. The van der Waals surface area contributed by atoms with E-state index in [1.807, 2.05) is 30.9 Å². The number of carbonyl (C=O) groups is 1. The molecule has 2 atom stereocenters. The lowest BCUT2D eigenvalue weighted by Gasteiger charge is -2.38. The number of carbonyl (C=O) groups excluding carboxylic acids is 1. The van der Waals surface area contributed by atoms with Gasteiger partial charge in [0.05, 0.1) is 13.2 Å². The molecule has 5 nitrogen and oxygen atoms in total. The van der Waals surface area contributed by atoms with Crippen molar-refractivity contribution in [2.45, 2.75) is 46.2 Å². The second-order valence-corrected chi connectivity index (χ2v) is 7.49. The first-order valence-corrected chi connectivity index (χ1v) is 9.46. The minimum atomic E-state index is 0.0774. The van der Waals surface area contributed by atoms with Gasteiger partial charge in [-0.2, -0.15) is 0 Å². The third-order valence-electron chi connectivity index (χ3n) is 5.12. The second-order valence-electron chi connectivity index (χ2n) is 7.49. The molecule has 25 heavy (non-hydrogen) atoms. The predicted octanol–water partition coefficient (Wildman–Crippen LogP) is 2.83. The van der Waals surface area contributed by atoms with Crippen molar-refractivity contribution >= 4 is 5.91 Å². The summed E-state index contributed by atoms with van der Waals surface area (Å²) in [4.78, 5) is 14.2. The van der Waals surface area contributed by atoms with Gasteiger partial charge in [0.1, 0.15) is 0 Å². The Morgan fingerprint density at radius 2 is 2.12 bits per heavy atom. The first-order valence-electron chi connectivity index (χ1n) is 9.46. The van der Waals surface area contributed by atoms with Crippen LogP contribution in [0.5, 0.6) is 11.5 Å². The van der Waals surface area contributed by atoms with Crippen molar-refractivity contribution in [2.24, 2.45) is 11.8 Å². The summed E-state index contributed by atoms with van der Waals surface area (Å²) in [6.45, 7) is 10.0. The zero-order valence-electron chi connectivity index (χ0n) is 15.6. The average molecular weight is 346 g/mol. The van der Waals surface area contributed by atoms with Crippen LogP contribution in [0.15, 0.2) is 18.2 Å². The second kappa shape index (κ2) is 8.09. The third kappa shape index (κ3) is 4.27. The van der Waals surface area contributed by atoms with Crippen LogP contribution in [0.2, 0.25) is 0 Å². The van der Waals surface area contributed by atoms with Crippen LogP contribution in [-0.2, 0) is 11.3 Å². The van der Waals surface area contributed by atoms with Crippen molar-refractivity contribution in [1.29, 1.82) is 0 Å². The summed E-state index contributed by atoms with van der Waals surface area (Å²) in [7, 11) is 0. The van der Waals surface area contributed by atoms with Crippen LogP contribution in [0.1, 0.15) is 39.2 Å². The maximum Gasteiger partial charge on any atom is 0.225 e. The third-order valence-corrected chi connectivity index (χ3v) is 5.12. The van der Waals surface area contributed by atoms with Gasteiger partial charge in [0, 0.05) is 43.6 Å². The Kier molecular flexibility index (Phi) is 5.84. The fourth-order valence-corrected chi connectivity index (χ4v) is 3.65. The summed E-state index contributed by atoms with van der Waals surface area (Å²) in [6, 6.07) is 6.52. The molecule has 2 aliphatic heterocycles. The maximum absolute atomic E-state index is 12.2. The highest BCUT2D eigenvalue weighted by Crippen LogP contribution is 2.33. The molecule has 0 aromatic heterocycles. The number of hydrogen-bond acceptors (Lipinski definition) is 4. The van der Waals surface area contributed by atoms with Crippen molar-refractivity contribution in [3.8, 4) is 11.5 Å². The Morgan fingerprint density at radius 1 is 1.32 bits per heavy atom. The number of hydrogen-bond donors (Lipinski definition) is 1. The number of nitrogens with zero attached hydrogens (tertiary/aromatic N) is 1. The number of benzene rings is 1. The molecule has 0 spiro atoms. The van der Waals surface area contributed by atoms with Crippen LogP contribution in [-0.4, -0.2) is 43.2 Å². The largest absolute Gasteiger partial charge is 0.490 e. The van der Waals surface area contributed by atoms with Gasteiger partial charge in [0.2, 0.25) is 5.91 Å². The molecule has 0 aliphatic carbocycles. The topological polar surface area (TPSA) is 50.8 Å². The standard InChI is InChI=1S/C20H30N2O3/c1-14(2)20(23)22-9-8-17(15(3)13-22)21-12-16-6-4-7-18-19(16)25-11-5-10-24-18/h4,6-7,14-15,17,21H,5,8-13H2,1-3H3/t15-,17+/m1/s1. The molecule has 1 aromatic carbocycles. The monoisotopic (exact) mass is 346 g/mol. The molecular weight excluding hydrogens is 316 g/mol. The van der Waals surface area contributed by atoms with E-state index in [0.717, 1.165) is 49.5 Å². The Bertz CT molecular complexity index is 603. The molecule has 1 aromatic rings. The molecule has 1 saturated heterocycles. The normalized spacial score (nSPS) is 23.4. The SMILES string of the molecule is CC(C)C(=O)N1CC[C@H](NCc2cccc3c2OCCCO3)[C@H](C)C1. The van der Waals surface area contributed by atoms with Crippen LogP contribution in [0.4, 0.5) is 0 Å². The van der Waals surface area contributed by atoms with Crippen molar-refractivity contribution in [3.63, 3.8) is 0 Å². The molecule has 1 amide bonds. The van der Waals surface area contributed by atoms with E-state index in [4.69, 9.17) is 9.47 Å². The smallest absolute Gasteiger partial charge is 0.225 e. The quantitative estimate of drug-likeness (QED) is 0.911. The van der Waals surface area contributed by atoms with Crippen molar-refractivity contribution in [1.82, 2.24) is 10.2 Å². The zero-order valence-corrected chi connectivity index (χ0v) is 15.6. The number of piperidine rings is 1. The van der Waals surface area contributed by atoms with E-state index in [2.05, 4.69) is 18.3 Å². The van der Waals surface area contributed by atoms with Gasteiger partial charge in [-0.15, -0.1) is 0 Å². The van der Waals surface area contributed by atoms with E-state index in [1.54, 1.807) is 0 Å². The zero-order chi connectivity index (χ0) is 17.8. The van der Waals surface area contributed by atoms with Crippen molar-refractivity contribution in [3.05, 3.63) is 23.8 Å². The number of ether oxygens (including phenoxy) is 2. The van der Waals surface area contributed by atoms with Gasteiger partial charge in [-0.25, -0.2) is 0 Å². The summed E-state index contributed by atoms with van der Waals surface area (Å²) in [5.41, 5.74) is 1.15. The average Bonchev–Trinajstić information content (AvgIpc) is 2.85. The molecule has 1 N–H and O–H groups in total. The molecule has 0 saturated carbocycles. The van der Waals surface area contributed by atoms with Crippen LogP contribution >= 0.6 is 0 Å². The molecule has 138 valence electrons. The Morgan fingerprint density at radius 3 is 2.88 bits per heavy atom. The molecular formula is C20H30N2O3. The number of rotatable bonds is 4. The maximum atomic E-state index is 12.2. The molecule has 0 radical (unpaired) electrons. The van der Waals surface area contributed by atoms with Gasteiger partial charge >= 0.3 is 0 Å². The highest BCUT2D eigenvalue weighted by Gasteiger charge is 2.29. The molecule has 2 aliphatic rings. The molecule has 3 rings (SSSR count). The number of para-hydroxylation sites is 1. The lowest BCUT2D eigenvalue weighted by molar-refractivity contribution is -0.136. The molecule has 1 fully saturated rings. The van der Waals surface area contributed by atoms with E-state index >= 15 is 0 Å². The lowest BCUT2D eigenvalue weighted by Crippen LogP contribution is -2.50. The number of fused-ring (bicyclic) bond motifs is 1. The van der Waals surface area contributed by atoms with Crippen molar-refractivity contribution in [2.75, 3.05) is 26.3 Å². The van der Waals surface area contributed by atoms with E-state index in [0.29, 0.717) is 25.2 Å². The minimum Gasteiger partial charge on any atom is -0.490 e. The highest BCUT2D eigenvalue weighted by atomic mass is 16.5. The number of likely N-dealkylation sites (tertiary alicyclic amines) is 1. The fraction of sp³-hybridized carbons (Fsp3) is 0.650. The Labute approximate surface area is 150 Å². The fourth-order valence-electron chi connectivity index (χ4n) is 3.65. The van der Waals surface area contributed by atoms with Gasteiger partial charge in [0.25, 0.3) is 0 Å². The Balaban J connectivity index is 1.59. The lowest BCUT2D eigenvalue weighted by atomic mass is 9.92.